The Labute approximate surface area is 160 Å². The summed E-state index contributed by atoms with van der Waals surface area (Å²) in [6.45, 7) is 3.75. The maximum Gasteiger partial charge on any atom is 0.341 e. The normalized spacial score (nSPS) is 10.4. The van der Waals surface area contributed by atoms with Gasteiger partial charge in [-0.1, -0.05) is 12.1 Å². The minimum absolute atomic E-state index is 0.190. The van der Waals surface area contributed by atoms with Gasteiger partial charge in [0.15, 0.2) is 5.82 Å². The average molecular weight is 382 g/mol. The Bertz CT molecular complexity index is 998. The van der Waals surface area contributed by atoms with E-state index in [-0.39, 0.29) is 18.1 Å². The van der Waals surface area contributed by atoms with Gasteiger partial charge in [0.25, 0.3) is 0 Å². The van der Waals surface area contributed by atoms with Gasteiger partial charge < -0.3 is 14.2 Å². The first-order valence-corrected chi connectivity index (χ1v) is 8.46. The van der Waals surface area contributed by atoms with Crippen molar-refractivity contribution in [1.29, 1.82) is 0 Å². The predicted octanol–water partition coefficient (Wildman–Crippen LogP) is 2.73. The summed E-state index contributed by atoms with van der Waals surface area (Å²) in [4.78, 5) is 23.7. The molecule has 0 spiro atoms. The summed E-state index contributed by atoms with van der Waals surface area (Å²) in [6, 6.07) is 9.88. The molecule has 28 heavy (non-hydrogen) atoms. The molecule has 0 aliphatic carbocycles. The number of aromatic nitrogens is 4. The molecule has 0 saturated heterocycles. The van der Waals surface area contributed by atoms with Crippen LogP contribution in [0.25, 0.3) is 5.82 Å². The van der Waals surface area contributed by atoms with Gasteiger partial charge in [0.1, 0.15) is 16.9 Å². The van der Waals surface area contributed by atoms with E-state index >= 15 is 0 Å². The van der Waals surface area contributed by atoms with Crippen molar-refractivity contribution in [3.8, 4) is 17.4 Å². The molecule has 0 saturated carbocycles. The van der Waals surface area contributed by atoms with Crippen molar-refractivity contribution in [3.63, 3.8) is 0 Å². The van der Waals surface area contributed by atoms with Crippen LogP contribution < -0.4 is 4.74 Å². The van der Waals surface area contributed by atoms with Gasteiger partial charge in [-0.3, -0.25) is 0 Å². The number of carbonyl (C=O) groups is 2. The van der Waals surface area contributed by atoms with Gasteiger partial charge in [0, 0.05) is 6.07 Å². The summed E-state index contributed by atoms with van der Waals surface area (Å²) in [6.07, 6.45) is 1.42. The number of hydrogen-bond donors (Lipinski definition) is 0. The van der Waals surface area contributed by atoms with E-state index < -0.39 is 11.9 Å². The lowest BCUT2D eigenvalue weighted by molar-refractivity contribution is 0.0524. The van der Waals surface area contributed by atoms with E-state index in [4.69, 9.17) is 14.2 Å². The van der Waals surface area contributed by atoms with Crippen molar-refractivity contribution in [2.45, 2.75) is 13.8 Å². The maximum atomic E-state index is 11.9. The lowest BCUT2D eigenvalue weighted by Crippen LogP contribution is -2.08. The van der Waals surface area contributed by atoms with Crippen LogP contribution in [0.2, 0.25) is 0 Å². The van der Waals surface area contributed by atoms with Crippen LogP contribution in [-0.4, -0.2) is 45.6 Å². The summed E-state index contributed by atoms with van der Waals surface area (Å²) >= 11 is 0. The van der Waals surface area contributed by atoms with Crippen molar-refractivity contribution < 1.29 is 23.8 Å². The van der Waals surface area contributed by atoms with Crippen molar-refractivity contribution in [2.24, 2.45) is 0 Å². The number of carbonyl (C=O) groups excluding carboxylic acids is 2. The second-order valence-corrected chi connectivity index (χ2v) is 5.60. The van der Waals surface area contributed by atoms with E-state index in [0.717, 1.165) is 0 Å². The number of esters is 2. The van der Waals surface area contributed by atoms with Crippen molar-refractivity contribution in [3.05, 3.63) is 59.4 Å². The van der Waals surface area contributed by atoms with Gasteiger partial charge in [-0.25, -0.2) is 14.3 Å². The number of benzene rings is 1. The van der Waals surface area contributed by atoms with Gasteiger partial charge >= 0.3 is 11.9 Å². The van der Waals surface area contributed by atoms with Crippen LogP contribution in [0.3, 0.4) is 0 Å². The molecule has 0 radical (unpaired) electrons. The first-order valence-electron chi connectivity index (χ1n) is 8.46. The third-order valence-electron chi connectivity index (χ3n) is 3.86. The molecular formula is C19H18N4O5. The minimum atomic E-state index is -0.515. The molecule has 0 N–H and O–H groups in total. The van der Waals surface area contributed by atoms with E-state index in [2.05, 4.69) is 15.3 Å². The first kappa shape index (κ1) is 19.0. The summed E-state index contributed by atoms with van der Waals surface area (Å²) in [7, 11) is 1.30. The predicted molar refractivity (Wildman–Crippen MR) is 97.7 cm³/mol. The minimum Gasteiger partial charge on any atom is -0.465 e. The lowest BCUT2D eigenvalue weighted by Gasteiger charge is -2.09. The monoisotopic (exact) mass is 382 g/mol. The highest BCUT2D eigenvalue weighted by atomic mass is 16.5. The van der Waals surface area contributed by atoms with E-state index in [1.165, 1.54) is 18.0 Å². The molecule has 1 aromatic carbocycles. The number of methoxy groups -OCH3 is 1. The Morgan fingerprint density at radius 2 is 1.82 bits per heavy atom. The number of ether oxygens (including phenoxy) is 3. The quantitative estimate of drug-likeness (QED) is 0.599. The highest BCUT2D eigenvalue weighted by molar-refractivity contribution is 5.92. The Kier molecular flexibility index (Phi) is 5.64. The third kappa shape index (κ3) is 3.83. The Morgan fingerprint density at radius 3 is 2.50 bits per heavy atom. The molecule has 9 nitrogen and oxygen atoms in total. The van der Waals surface area contributed by atoms with Gasteiger partial charge in [0.2, 0.25) is 5.88 Å². The molecule has 3 aromatic rings. The molecule has 144 valence electrons. The molecular weight excluding hydrogens is 364 g/mol. The molecule has 0 amide bonds. The van der Waals surface area contributed by atoms with Crippen LogP contribution in [0.1, 0.15) is 33.3 Å². The van der Waals surface area contributed by atoms with Crippen LogP contribution >= 0.6 is 0 Å². The van der Waals surface area contributed by atoms with Gasteiger partial charge in [0.05, 0.1) is 25.6 Å². The van der Waals surface area contributed by atoms with Crippen LogP contribution in [0.5, 0.6) is 11.6 Å². The van der Waals surface area contributed by atoms with Crippen LogP contribution in [0.4, 0.5) is 0 Å². The number of para-hydroxylation sites is 1. The fourth-order valence-electron chi connectivity index (χ4n) is 2.48. The SMILES string of the molecule is CCOC(=O)c1cnn(-c2ccc(Oc3ccccc3C(=O)OC)nn2)c1C. The lowest BCUT2D eigenvalue weighted by atomic mass is 10.2. The van der Waals surface area contributed by atoms with Crippen molar-refractivity contribution in [2.75, 3.05) is 13.7 Å². The summed E-state index contributed by atoms with van der Waals surface area (Å²) in [5.74, 6) is -0.0640. The third-order valence-corrected chi connectivity index (χ3v) is 3.86. The first-order chi connectivity index (χ1) is 13.5. The molecule has 0 bridgehead atoms. The zero-order chi connectivity index (χ0) is 20.1. The fraction of sp³-hybridized carbons (Fsp3) is 0.211. The van der Waals surface area contributed by atoms with E-state index in [1.54, 1.807) is 50.2 Å². The average Bonchev–Trinajstić information content (AvgIpc) is 3.10. The Balaban J connectivity index is 1.82. The zero-order valence-corrected chi connectivity index (χ0v) is 15.6. The van der Waals surface area contributed by atoms with Gasteiger partial charge in [-0.15, -0.1) is 10.2 Å². The van der Waals surface area contributed by atoms with Crippen molar-refractivity contribution in [1.82, 2.24) is 20.0 Å². The topological polar surface area (TPSA) is 105 Å². The second kappa shape index (κ2) is 8.30. The zero-order valence-electron chi connectivity index (χ0n) is 15.6. The Hall–Kier alpha value is -3.75. The van der Waals surface area contributed by atoms with Crippen LogP contribution in [0, 0.1) is 6.92 Å². The number of rotatable bonds is 6. The molecule has 0 aliphatic heterocycles. The standard InChI is InChI=1S/C19H18N4O5/c1-4-27-19(25)14-11-20-23(12(14)2)16-9-10-17(22-21-16)28-15-8-6-5-7-13(15)18(24)26-3/h5-11H,4H2,1-3H3. The van der Waals surface area contributed by atoms with E-state index in [0.29, 0.717) is 22.8 Å². The summed E-state index contributed by atoms with van der Waals surface area (Å²) in [5, 5.41) is 12.2. The molecule has 2 aromatic heterocycles. The maximum absolute atomic E-state index is 11.9. The van der Waals surface area contributed by atoms with E-state index in [1.807, 2.05) is 0 Å². The smallest absolute Gasteiger partial charge is 0.341 e. The molecule has 9 heteroatoms. The second-order valence-electron chi connectivity index (χ2n) is 5.60. The molecule has 3 rings (SSSR count). The Morgan fingerprint density at radius 1 is 1.04 bits per heavy atom. The number of nitrogens with zero attached hydrogens (tertiary/aromatic N) is 4. The molecule has 0 atom stereocenters. The van der Waals surface area contributed by atoms with Crippen LogP contribution in [0.15, 0.2) is 42.6 Å². The van der Waals surface area contributed by atoms with Crippen LogP contribution in [-0.2, 0) is 9.47 Å². The highest BCUT2D eigenvalue weighted by Gasteiger charge is 2.17. The fourth-order valence-corrected chi connectivity index (χ4v) is 2.48. The molecule has 0 fully saturated rings. The largest absolute Gasteiger partial charge is 0.465 e. The van der Waals surface area contributed by atoms with E-state index in [9.17, 15) is 9.59 Å². The highest BCUT2D eigenvalue weighted by Crippen LogP contribution is 2.24. The van der Waals surface area contributed by atoms with Gasteiger partial charge in [-0.2, -0.15) is 5.10 Å². The number of hydrogen-bond acceptors (Lipinski definition) is 8. The molecule has 2 heterocycles. The van der Waals surface area contributed by atoms with Crippen molar-refractivity contribution >= 4 is 11.9 Å². The van der Waals surface area contributed by atoms with Gasteiger partial charge in [-0.05, 0) is 32.0 Å². The summed E-state index contributed by atoms with van der Waals surface area (Å²) < 4.78 is 16.9. The molecule has 0 aliphatic rings. The molecule has 0 unspecified atom stereocenters. The summed E-state index contributed by atoms with van der Waals surface area (Å²) in [5.41, 5.74) is 1.21.